The molecule has 6 nitrogen and oxygen atoms in total. The normalized spacial score (nSPS) is 37.2. The van der Waals surface area contributed by atoms with E-state index in [9.17, 15) is 9.59 Å². The van der Waals surface area contributed by atoms with Gasteiger partial charge in [0.2, 0.25) is 11.8 Å². The molecule has 0 spiro atoms. The van der Waals surface area contributed by atoms with E-state index < -0.39 is 0 Å². The van der Waals surface area contributed by atoms with Gasteiger partial charge in [0.15, 0.2) is 0 Å². The summed E-state index contributed by atoms with van der Waals surface area (Å²) in [5.41, 5.74) is 3.57. The lowest BCUT2D eigenvalue weighted by atomic mass is 9.68. The zero-order valence-electron chi connectivity index (χ0n) is 20.4. The summed E-state index contributed by atoms with van der Waals surface area (Å²) in [6.07, 6.45) is 12.0. The predicted octanol–water partition coefficient (Wildman–Crippen LogP) is 3.28. The molecule has 5 rings (SSSR count). The molecule has 3 aliphatic carbocycles. The van der Waals surface area contributed by atoms with Crippen LogP contribution in [0.25, 0.3) is 0 Å². The first-order chi connectivity index (χ1) is 15.5. The van der Waals surface area contributed by atoms with Crippen molar-refractivity contribution < 1.29 is 9.59 Å². The van der Waals surface area contributed by atoms with Crippen LogP contribution in [0.1, 0.15) is 78.1 Å². The first-order valence-corrected chi connectivity index (χ1v) is 13.6. The van der Waals surface area contributed by atoms with Gasteiger partial charge in [-0.25, -0.2) is 5.01 Å². The van der Waals surface area contributed by atoms with E-state index in [2.05, 4.69) is 29.2 Å². The molecule has 0 aromatic rings. The molecule has 32 heavy (non-hydrogen) atoms. The Bertz CT molecular complexity index is 692. The maximum Gasteiger partial charge on any atom is 0.228 e. The van der Waals surface area contributed by atoms with Crippen LogP contribution < -0.4 is 5.43 Å². The Labute approximate surface area is 194 Å². The lowest BCUT2D eigenvalue weighted by molar-refractivity contribution is -0.145. The monoisotopic (exact) mass is 444 g/mol. The van der Waals surface area contributed by atoms with Gasteiger partial charge in [-0.2, -0.15) is 0 Å². The van der Waals surface area contributed by atoms with Crippen molar-refractivity contribution in [3.05, 3.63) is 0 Å². The van der Waals surface area contributed by atoms with Gasteiger partial charge < -0.3 is 9.80 Å². The molecule has 2 heterocycles. The van der Waals surface area contributed by atoms with Gasteiger partial charge >= 0.3 is 0 Å². The third-order valence-corrected chi connectivity index (χ3v) is 9.60. The number of carbonyl (C=O) groups is 2. The average molecular weight is 445 g/mol. The van der Waals surface area contributed by atoms with E-state index in [1.807, 2.05) is 4.90 Å². The lowest BCUT2D eigenvalue weighted by Gasteiger charge is -2.42. The van der Waals surface area contributed by atoms with Crippen molar-refractivity contribution in [1.82, 2.24) is 20.2 Å². The summed E-state index contributed by atoms with van der Waals surface area (Å²) >= 11 is 0. The second kappa shape index (κ2) is 9.25. The van der Waals surface area contributed by atoms with E-state index in [0.717, 1.165) is 75.7 Å². The minimum atomic E-state index is -0.0914. The number of carbonyl (C=O) groups excluding carboxylic acids is 2. The Hall–Kier alpha value is -1.14. The molecule has 0 aromatic carbocycles. The molecule has 5 fully saturated rings. The molecule has 2 saturated heterocycles. The van der Waals surface area contributed by atoms with Gasteiger partial charge in [-0.15, -0.1) is 0 Å². The van der Waals surface area contributed by atoms with E-state index in [1.165, 1.54) is 51.6 Å². The highest BCUT2D eigenvalue weighted by Gasteiger charge is 2.48. The molecule has 6 heteroatoms. The van der Waals surface area contributed by atoms with Crippen molar-refractivity contribution >= 4 is 11.8 Å². The van der Waals surface area contributed by atoms with E-state index in [1.54, 1.807) is 0 Å². The van der Waals surface area contributed by atoms with E-state index >= 15 is 0 Å². The zero-order valence-corrected chi connectivity index (χ0v) is 20.4. The van der Waals surface area contributed by atoms with Crippen molar-refractivity contribution in [2.75, 3.05) is 39.3 Å². The third kappa shape index (κ3) is 4.46. The van der Waals surface area contributed by atoms with Gasteiger partial charge in [0.1, 0.15) is 0 Å². The Balaban J connectivity index is 1.07. The second-order valence-corrected chi connectivity index (χ2v) is 11.7. The maximum atomic E-state index is 13.2. The number of nitrogens with zero attached hydrogens (tertiary/aromatic N) is 3. The van der Waals surface area contributed by atoms with Crippen molar-refractivity contribution in [3.63, 3.8) is 0 Å². The fourth-order valence-electron chi connectivity index (χ4n) is 7.14. The van der Waals surface area contributed by atoms with Crippen LogP contribution >= 0.6 is 0 Å². The van der Waals surface area contributed by atoms with Crippen molar-refractivity contribution in [2.45, 2.75) is 84.1 Å². The topological polar surface area (TPSA) is 55.9 Å². The second-order valence-electron chi connectivity index (χ2n) is 11.7. The SMILES string of the molecule is CCCN1NCC2CCC(C3CCC(C(=O)N4CCN(C(=O)C5(C)CC5)CC4)CC3)CC21. The Morgan fingerprint density at radius 1 is 0.875 bits per heavy atom. The van der Waals surface area contributed by atoms with Crippen LogP contribution in [0, 0.1) is 29.1 Å². The minimum Gasteiger partial charge on any atom is -0.339 e. The van der Waals surface area contributed by atoms with Gasteiger partial charge in [-0.1, -0.05) is 13.8 Å². The van der Waals surface area contributed by atoms with Gasteiger partial charge in [-0.05, 0) is 82.0 Å². The zero-order chi connectivity index (χ0) is 22.3. The smallest absolute Gasteiger partial charge is 0.228 e. The van der Waals surface area contributed by atoms with Crippen LogP contribution in [-0.2, 0) is 9.59 Å². The van der Waals surface area contributed by atoms with Crippen LogP contribution in [0.5, 0.6) is 0 Å². The molecule has 0 bridgehead atoms. The van der Waals surface area contributed by atoms with Gasteiger partial charge in [0.05, 0.1) is 0 Å². The summed E-state index contributed by atoms with van der Waals surface area (Å²) in [6, 6.07) is 0.741. The van der Waals surface area contributed by atoms with Crippen molar-refractivity contribution in [2.24, 2.45) is 29.1 Å². The number of hydrogen-bond donors (Lipinski definition) is 1. The highest BCUT2D eigenvalue weighted by Crippen LogP contribution is 2.47. The van der Waals surface area contributed by atoms with Crippen LogP contribution in [-0.4, -0.2) is 71.9 Å². The standard InChI is InChI=1S/C26H44N4O2/c1-3-12-30-23-17-21(8-9-22(23)18-27-30)19-4-6-20(7-5-19)24(31)28-13-15-29(16-14-28)25(32)26(2)10-11-26/h19-23,27H,3-18H2,1-2H3. The first-order valence-electron chi connectivity index (χ1n) is 13.6. The molecule has 0 radical (unpaired) electrons. The molecule has 5 aliphatic rings. The van der Waals surface area contributed by atoms with Gasteiger partial charge in [0, 0.05) is 56.6 Å². The van der Waals surface area contributed by atoms with E-state index in [0.29, 0.717) is 11.8 Å². The highest BCUT2D eigenvalue weighted by atomic mass is 16.2. The minimum absolute atomic E-state index is 0.0914. The molecule has 3 saturated carbocycles. The summed E-state index contributed by atoms with van der Waals surface area (Å²) in [5.74, 6) is 3.42. The third-order valence-electron chi connectivity index (χ3n) is 9.60. The summed E-state index contributed by atoms with van der Waals surface area (Å²) in [4.78, 5) is 29.8. The molecule has 3 atom stereocenters. The molecule has 3 unspecified atom stereocenters. The summed E-state index contributed by atoms with van der Waals surface area (Å²) in [6.45, 7) is 9.62. The lowest BCUT2D eigenvalue weighted by Crippen LogP contribution is -2.53. The fourth-order valence-corrected chi connectivity index (χ4v) is 7.14. The molecular weight excluding hydrogens is 400 g/mol. The van der Waals surface area contributed by atoms with E-state index in [4.69, 9.17) is 0 Å². The largest absolute Gasteiger partial charge is 0.339 e. The van der Waals surface area contributed by atoms with Gasteiger partial charge in [-0.3, -0.25) is 15.0 Å². The Kier molecular flexibility index (Phi) is 6.54. The summed E-state index contributed by atoms with van der Waals surface area (Å²) in [5, 5.41) is 2.54. The van der Waals surface area contributed by atoms with Crippen molar-refractivity contribution in [1.29, 1.82) is 0 Å². The predicted molar refractivity (Wildman–Crippen MR) is 126 cm³/mol. The number of rotatable bonds is 5. The molecule has 0 aromatic heterocycles. The molecule has 1 N–H and O–H groups in total. The maximum absolute atomic E-state index is 13.2. The number of piperazine rings is 1. The number of hydrazine groups is 1. The number of fused-ring (bicyclic) bond motifs is 1. The molecule has 180 valence electrons. The van der Waals surface area contributed by atoms with Gasteiger partial charge in [0.25, 0.3) is 0 Å². The summed E-state index contributed by atoms with van der Waals surface area (Å²) in [7, 11) is 0. The van der Waals surface area contributed by atoms with E-state index in [-0.39, 0.29) is 11.3 Å². The Morgan fingerprint density at radius 3 is 2.16 bits per heavy atom. The van der Waals surface area contributed by atoms with Crippen LogP contribution in [0.4, 0.5) is 0 Å². The quantitative estimate of drug-likeness (QED) is 0.707. The number of nitrogens with one attached hydrogen (secondary N) is 1. The van der Waals surface area contributed by atoms with Crippen LogP contribution in [0.15, 0.2) is 0 Å². The molecular formula is C26H44N4O2. The fraction of sp³-hybridized carbons (Fsp3) is 0.923. The summed E-state index contributed by atoms with van der Waals surface area (Å²) < 4.78 is 0. The van der Waals surface area contributed by atoms with Crippen molar-refractivity contribution in [3.8, 4) is 0 Å². The average Bonchev–Trinajstić information content (AvgIpc) is 3.47. The molecule has 2 aliphatic heterocycles. The number of amides is 2. The highest BCUT2D eigenvalue weighted by molar-refractivity contribution is 5.85. The Morgan fingerprint density at radius 2 is 1.50 bits per heavy atom. The number of hydrogen-bond acceptors (Lipinski definition) is 4. The van der Waals surface area contributed by atoms with Crippen LogP contribution in [0.2, 0.25) is 0 Å². The molecule has 2 amide bonds. The van der Waals surface area contributed by atoms with Crippen LogP contribution in [0.3, 0.4) is 0 Å². The first kappa shape index (κ1) is 22.6.